The summed E-state index contributed by atoms with van der Waals surface area (Å²) in [5.74, 6) is 0.186. The van der Waals surface area contributed by atoms with Gasteiger partial charge in [-0.3, -0.25) is 0 Å². The summed E-state index contributed by atoms with van der Waals surface area (Å²) in [6.07, 6.45) is 0.921. The smallest absolute Gasteiger partial charge is 0.118 e. The first kappa shape index (κ1) is 14.7. The van der Waals surface area contributed by atoms with Crippen molar-refractivity contribution in [3.8, 4) is 6.07 Å². The molecule has 0 rings (SSSR count). The molecule has 0 aromatic carbocycles. The van der Waals surface area contributed by atoms with Crippen LogP contribution in [-0.2, 0) is 4.74 Å². The van der Waals surface area contributed by atoms with E-state index in [9.17, 15) is 0 Å². The van der Waals surface area contributed by atoms with Crippen LogP contribution in [0.4, 0.5) is 0 Å². The molecule has 0 amide bonds. The predicted molar refractivity (Wildman–Crippen MR) is 67.7 cm³/mol. The van der Waals surface area contributed by atoms with Gasteiger partial charge < -0.3 is 21.2 Å². The molecule has 0 aliphatic heterocycles. The molecule has 5 nitrogen and oxygen atoms in total. The van der Waals surface area contributed by atoms with Gasteiger partial charge >= 0.3 is 0 Å². The molecule has 0 spiro atoms. The van der Waals surface area contributed by atoms with E-state index >= 15 is 0 Å². The molecule has 16 heavy (non-hydrogen) atoms. The number of allylic oxidation sites excluding steroid dienone is 1. The minimum atomic E-state index is -1.05. The molecule has 0 fully saturated rings. The Bertz CT molecular complexity index is 301. The first-order valence-corrected chi connectivity index (χ1v) is 8.83. The van der Waals surface area contributed by atoms with Gasteiger partial charge in [0.25, 0.3) is 0 Å². The van der Waals surface area contributed by atoms with Crippen LogP contribution >= 0.6 is 0 Å². The lowest BCUT2D eigenvalue weighted by molar-refractivity contribution is 0.135. The molecule has 0 aliphatic carbocycles. The van der Waals surface area contributed by atoms with Crippen molar-refractivity contribution in [1.82, 2.24) is 5.32 Å². The van der Waals surface area contributed by atoms with Crippen molar-refractivity contribution in [2.24, 2.45) is 5.73 Å². The van der Waals surface area contributed by atoms with E-state index in [0.717, 1.165) is 12.3 Å². The van der Waals surface area contributed by atoms with Crippen LogP contribution in [0.15, 0.2) is 11.4 Å². The highest BCUT2D eigenvalue weighted by Gasteiger charge is 2.11. The zero-order valence-corrected chi connectivity index (χ0v) is 11.1. The van der Waals surface area contributed by atoms with Crippen molar-refractivity contribution < 1.29 is 4.74 Å². The van der Waals surface area contributed by atoms with Crippen LogP contribution in [0.2, 0.25) is 25.7 Å². The zero-order chi connectivity index (χ0) is 12.6. The second-order valence-corrected chi connectivity index (χ2v) is 10.2. The van der Waals surface area contributed by atoms with E-state index in [1.165, 1.54) is 0 Å². The third kappa shape index (κ3) is 7.03. The number of nitrogens with zero attached hydrogens (tertiary/aromatic N) is 1. The highest BCUT2D eigenvalue weighted by atomic mass is 28.3. The summed E-state index contributed by atoms with van der Waals surface area (Å²) in [7, 11) is -1.05. The summed E-state index contributed by atoms with van der Waals surface area (Å²) in [6.45, 7) is 7.81. The molecular formula is C10H20N4OSi. The first-order valence-electron chi connectivity index (χ1n) is 5.12. The van der Waals surface area contributed by atoms with Crippen molar-refractivity contribution >= 4 is 14.3 Å². The summed E-state index contributed by atoms with van der Waals surface area (Å²) in [5.41, 5.74) is 5.65. The van der Waals surface area contributed by atoms with Crippen LogP contribution in [0.3, 0.4) is 0 Å². The van der Waals surface area contributed by atoms with Gasteiger partial charge in [-0.05, 0) is 6.04 Å². The summed E-state index contributed by atoms with van der Waals surface area (Å²) in [5, 5.41) is 18.3. The van der Waals surface area contributed by atoms with E-state index in [1.807, 2.05) is 6.07 Å². The monoisotopic (exact) mass is 240 g/mol. The fourth-order valence-corrected chi connectivity index (χ4v) is 1.60. The van der Waals surface area contributed by atoms with Gasteiger partial charge in [0.2, 0.25) is 0 Å². The molecule has 0 saturated carbocycles. The Morgan fingerprint density at radius 1 is 1.56 bits per heavy atom. The van der Waals surface area contributed by atoms with E-state index in [1.54, 1.807) is 0 Å². The second kappa shape index (κ2) is 7.03. The van der Waals surface area contributed by atoms with Crippen LogP contribution in [-0.4, -0.2) is 27.6 Å². The van der Waals surface area contributed by atoms with Gasteiger partial charge in [0.15, 0.2) is 0 Å². The fourth-order valence-electron chi connectivity index (χ4n) is 0.845. The topological polar surface area (TPSA) is 94.9 Å². The Morgan fingerprint density at radius 3 is 2.62 bits per heavy atom. The van der Waals surface area contributed by atoms with Gasteiger partial charge in [-0.15, -0.1) is 0 Å². The van der Waals surface area contributed by atoms with Crippen molar-refractivity contribution in [3.05, 3.63) is 11.4 Å². The predicted octanol–water partition coefficient (Wildman–Crippen LogP) is 1.23. The molecule has 0 saturated heterocycles. The van der Waals surface area contributed by atoms with Gasteiger partial charge in [-0.1, -0.05) is 19.6 Å². The van der Waals surface area contributed by atoms with Crippen molar-refractivity contribution in [2.75, 3.05) is 13.3 Å². The van der Waals surface area contributed by atoms with Crippen molar-refractivity contribution in [1.29, 1.82) is 10.7 Å². The fraction of sp³-hybridized carbons (Fsp3) is 0.600. The molecule has 0 heterocycles. The van der Waals surface area contributed by atoms with Crippen molar-refractivity contribution in [2.45, 2.75) is 25.7 Å². The quantitative estimate of drug-likeness (QED) is 0.205. The molecule has 0 radical (unpaired) electrons. The third-order valence-electron chi connectivity index (χ3n) is 1.92. The summed E-state index contributed by atoms with van der Waals surface area (Å²) < 4.78 is 5.34. The minimum Gasteiger partial charge on any atom is -0.384 e. The lowest BCUT2D eigenvalue weighted by atomic mass is 10.3. The molecule has 90 valence electrons. The van der Waals surface area contributed by atoms with E-state index in [2.05, 4.69) is 25.0 Å². The Balaban J connectivity index is 3.80. The van der Waals surface area contributed by atoms with Crippen LogP contribution in [0.25, 0.3) is 0 Å². The largest absolute Gasteiger partial charge is 0.384 e. The lowest BCUT2D eigenvalue weighted by Crippen LogP contribution is -2.27. The number of nitrogens with two attached hydrogens (primary N) is 1. The number of rotatable bonds is 7. The molecule has 0 bridgehead atoms. The average Bonchev–Trinajstić information content (AvgIpc) is 2.17. The van der Waals surface area contributed by atoms with Crippen LogP contribution in [0.1, 0.15) is 0 Å². The van der Waals surface area contributed by atoms with Crippen LogP contribution in [0.5, 0.6) is 0 Å². The van der Waals surface area contributed by atoms with Crippen LogP contribution < -0.4 is 11.1 Å². The second-order valence-electron chi connectivity index (χ2n) is 4.62. The third-order valence-corrected chi connectivity index (χ3v) is 3.62. The molecule has 4 N–H and O–H groups in total. The van der Waals surface area contributed by atoms with Crippen molar-refractivity contribution in [3.63, 3.8) is 0 Å². The number of hydrogen-bond acceptors (Lipinski definition) is 5. The standard InChI is InChI=1S/C10H20N4OSi/c1-16(2,3)5-4-15-8-14-10(13)9(6-11)7-12/h6,11,14H,4-5,8,13H2,1-3H3/b10-9+,11-6?. The highest BCUT2D eigenvalue weighted by molar-refractivity contribution is 6.76. The summed E-state index contributed by atoms with van der Waals surface area (Å²) in [4.78, 5) is 0. The van der Waals surface area contributed by atoms with Gasteiger partial charge in [0.05, 0.1) is 0 Å². The van der Waals surface area contributed by atoms with E-state index in [4.69, 9.17) is 21.1 Å². The number of nitriles is 1. The molecule has 0 aromatic heterocycles. The first-order chi connectivity index (χ1) is 7.40. The molecule has 0 atom stereocenters. The average molecular weight is 240 g/mol. The highest BCUT2D eigenvalue weighted by Crippen LogP contribution is 2.07. The molecular weight excluding hydrogens is 220 g/mol. The maximum atomic E-state index is 8.59. The molecule has 0 unspecified atom stereocenters. The molecule has 0 aromatic rings. The van der Waals surface area contributed by atoms with Gasteiger partial charge in [0.1, 0.15) is 24.2 Å². The maximum absolute atomic E-state index is 8.59. The maximum Gasteiger partial charge on any atom is 0.118 e. The SMILES string of the molecule is C[Si](C)(C)CCOCN/C(N)=C(/C#N)C=N. The Kier molecular flexibility index (Phi) is 6.45. The lowest BCUT2D eigenvalue weighted by Gasteiger charge is -2.15. The number of ether oxygens (including phenoxy) is 1. The molecule has 0 aliphatic rings. The minimum absolute atomic E-state index is 0.119. The zero-order valence-electron chi connectivity index (χ0n) is 10.1. The molecule has 6 heteroatoms. The Morgan fingerprint density at radius 2 is 2.19 bits per heavy atom. The number of hydrogen-bond donors (Lipinski definition) is 3. The summed E-state index contributed by atoms with van der Waals surface area (Å²) in [6, 6.07) is 2.91. The Hall–Kier alpha value is -1.32. The van der Waals surface area contributed by atoms with Crippen LogP contribution in [0, 0.1) is 16.7 Å². The van der Waals surface area contributed by atoms with E-state index < -0.39 is 8.07 Å². The van der Waals surface area contributed by atoms with Gasteiger partial charge in [0, 0.05) is 20.9 Å². The summed E-state index contributed by atoms with van der Waals surface area (Å²) >= 11 is 0. The normalized spacial score (nSPS) is 12.6. The van der Waals surface area contributed by atoms with E-state index in [-0.39, 0.29) is 18.1 Å². The number of nitrogens with one attached hydrogen (secondary N) is 2. The Labute approximate surface area is 97.8 Å². The van der Waals surface area contributed by atoms with Gasteiger partial charge in [-0.2, -0.15) is 5.26 Å². The van der Waals surface area contributed by atoms with Gasteiger partial charge in [-0.25, -0.2) is 0 Å². The van der Waals surface area contributed by atoms with E-state index in [0.29, 0.717) is 6.61 Å².